The van der Waals surface area contributed by atoms with Crippen molar-refractivity contribution in [1.29, 1.82) is 0 Å². The fourth-order valence-corrected chi connectivity index (χ4v) is 4.22. The van der Waals surface area contributed by atoms with Gasteiger partial charge in [0.05, 0.1) is 41.5 Å². The molecule has 4 rings (SSSR count). The molecule has 0 bridgehead atoms. The molecular formula is C22H19ClN4O3S. The van der Waals surface area contributed by atoms with E-state index in [2.05, 4.69) is 15.1 Å². The first-order chi connectivity index (χ1) is 15.0. The van der Waals surface area contributed by atoms with Crippen LogP contribution >= 0.6 is 22.9 Å². The third-order valence-corrected chi connectivity index (χ3v) is 6.04. The summed E-state index contributed by atoms with van der Waals surface area (Å²) in [4.78, 5) is 34.3. The van der Waals surface area contributed by atoms with Gasteiger partial charge in [-0.2, -0.15) is 4.68 Å². The van der Waals surface area contributed by atoms with Crippen LogP contribution in [-0.4, -0.2) is 33.6 Å². The highest BCUT2D eigenvalue weighted by Crippen LogP contribution is 2.24. The first-order valence-electron chi connectivity index (χ1n) is 9.49. The van der Waals surface area contributed by atoms with Gasteiger partial charge in [-0.3, -0.25) is 19.7 Å². The van der Waals surface area contributed by atoms with Crippen molar-refractivity contribution >= 4 is 44.8 Å². The van der Waals surface area contributed by atoms with E-state index < -0.39 is 5.97 Å². The molecule has 0 saturated heterocycles. The summed E-state index contributed by atoms with van der Waals surface area (Å²) in [6.07, 6.45) is -0.0766. The first kappa shape index (κ1) is 21.0. The van der Waals surface area contributed by atoms with Crippen LogP contribution in [0.5, 0.6) is 0 Å². The molecule has 2 aromatic carbocycles. The molecule has 0 fully saturated rings. The quantitative estimate of drug-likeness (QED) is 0.350. The second-order valence-electron chi connectivity index (χ2n) is 6.85. The lowest BCUT2D eigenvalue weighted by atomic mass is 10.1. The number of aromatic amines is 1. The van der Waals surface area contributed by atoms with Crippen molar-refractivity contribution in [3.8, 4) is 5.13 Å². The molecule has 9 heteroatoms. The van der Waals surface area contributed by atoms with Gasteiger partial charge in [0.2, 0.25) is 5.13 Å². The zero-order valence-electron chi connectivity index (χ0n) is 16.9. The highest BCUT2D eigenvalue weighted by atomic mass is 35.5. The van der Waals surface area contributed by atoms with Crippen LogP contribution in [0.2, 0.25) is 5.02 Å². The summed E-state index contributed by atoms with van der Waals surface area (Å²) >= 11 is 7.32. The van der Waals surface area contributed by atoms with Gasteiger partial charge in [0.1, 0.15) is 0 Å². The van der Waals surface area contributed by atoms with Gasteiger partial charge in [-0.1, -0.05) is 47.2 Å². The number of H-pyrrole nitrogens is 1. The second kappa shape index (κ2) is 8.87. The number of nitrogens with one attached hydrogen (secondary N) is 1. The lowest BCUT2D eigenvalue weighted by molar-refractivity contribution is -0.139. The number of para-hydroxylation sites is 1. The van der Waals surface area contributed by atoms with Crippen LogP contribution in [0.15, 0.2) is 58.3 Å². The van der Waals surface area contributed by atoms with E-state index >= 15 is 0 Å². The number of halogens is 1. The topological polar surface area (TPSA) is 89.3 Å². The van der Waals surface area contributed by atoms with Gasteiger partial charge < -0.3 is 4.74 Å². The molecule has 1 N–H and O–H groups in total. The fourth-order valence-electron chi connectivity index (χ4n) is 3.17. The Labute approximate surface area is 187 Å². The second-order valence-corrected chi connectivity index (χ2v) is 8.30. The summed E-state index contributed by atoms with van der Waals surface area (Å²) in [5.74, 6) is -0.454. The van der Waals surface area contributed by atoms with Crippen LogP contribution in [-0.2, 0) is 22.5 Å². The Morgan fingerprint density at radius 2 is 1.97 bits per heavy atom. The number of ether oxygens (including phenoxy) is 1. The maximum atomic E-state index is 13.3. The number of aromatic nitrogens is 3. The zero-order valence-corrected chi connectivity index (χ0v) is 18.5. The van der Waals surface area contributed by atoms with Crippen molar-refractivity contribution in [3.63, 3.8) is 0 Å². The van der Waals surface area contributed by atoms with Crippen LogP contribution in [0.4, 0.5) is 0 Å². The third kappa shape index (κ3) is 4.45. The molecule has 2 aromatic heterocycles. The highest BCUT2D eigenvalue weighted by molar-refractivity contribution is 7.20. The van der Waals surface area contributed by atoms with Crippen molar-refractivity contribution < 1.29 is 9.53 Å². The fraction of sp³-hybridized carbons (Fsp3) is 0.182. The van der Waals surface area contributed by atoms with E-state index in [-0.39, 0.29) is 12.0 Å². The molecule has 0 atom stereocenters. The SMILES string of the molecule is COC(=O)Cc1[nH]n(-c2nc3ccccc3s2)c(=O)c1C(C)=NCc1ccc(Cl)cc1. The number of hydrogen-bond donors (Lipinski definition) is 1. The molecule has 31 heavy (non-hydrogen) atoms. The van der Waals surface area contributed by atoms with Gasteiger partial charge >= 0.3 is 5.97 Å². The molecule has 0 aliphatic carbocycles. The maximum absolute atomic E-state index is 13.3. The standard InChI is InChI=1S/C22H19ClN4O3S/c1-13(24-12-14-7-9-15(23)10-8-14)20-17(11-19(28)30-2)26-27(21(20)29)22-25-16-5-3-4-6-18(16)31-22/h3-10,26H,11-12H2,1-2H3. The summed E-state index contributed by atoms with van der Waals surface area (Å²) in [6, 6.07) is 15.0. The summed E-state index contributed by atoms with van der Waals surface area (Å²) in [6.45, 7) is 2.14. The summed E-state index contributed by atoms with van der Waals surface area (Å²) in [5, 5.41) is 4.17. The number of benzene rings is 2. The van der Waals surface area contributed by atoms with E-state index in [0.717, 1.165) is 15.8 Å². The lowest BCUT2D eigenvalue weighted by Crippen LogP contribution is -2.20. The number of carbonyl (C=O) groups excluding carboxylic acids is 1. The van der Waals surface area contributed by atoms with Gasteiger partial charge in [-0.25, -0.2) is 4.98 Å². The van der Waals surface area contributed by atoms with Gasteiger partial charge in [-0.05, 0) is 36.8 Å². The summed E-state index contributed by atoms with van der Waals surface area (Å²) in [5.41, 5.74) is 2.76. The van der Waals surface area contributed by atoms with Crippen LogP contribution in [0.25, 0.3) is 15.3 Å². The Balaban J connectivity index is 1.75. The minimum absolute atomic E-state index is 0.0766. The Kier molecular flexibility index (Phi) is 6.01. The molecule has 0 amide bonds. The molecule has 7 nitrogen and oxygen atoms in total. The van der Waals surface area contributed by atoms with Crippen LogP contribution in [0.1, 0.15) is 23.7 Å². The average molecular weight is 455 g/mol. The van der Waals surface area contributed by atoms with E-state index in [1.54, 1.807) is 19.1 Å². The Hall–Kier alpha value is -3.23. The van der Waals surface area contributed by atoms with E-state index in [0.29, 0.717) is 33.7 Å². The van der Waals surface area contributed by atoms with Crippen molar-refractivity contribution in [3.05, 3.63) is 80.7 Å². The number of aliphatic imine (C=N–C) groups is 1. The van der Waals surface area contributed by atoms with Crippen molar-refractivity contribution in [1.82, 2.24) is 14.8 Å². The Bertz CT molecular complexity index is 1300. The smallest absolute Gasteiger partial charge is 0.311 e. The monoisotopic (exact) mass is 454 g/mol. The molecule has 0 aliphatic rings. The van der Waals surface area contributed by atoms with Crippen LogP contribution in [0.3, 0.4) is 0 Å². The van der Waals surface area contributed by atoms with E-state index in [1.165, 1.54) is 23.1 Å². The van der Waals surface area contributed by atoms with Gasteiger partial charge in [-0.15, -0.1) is 0 Å². The highest BCUT2D eigenvalue weighted by Gasteiger charge is 2.21. The number of esters is 1. The van der Waals surface area contributed by atoms with Crippen molar-refractivity contribution in [2.24, 2.45) is 4.99 Å². The summed E-state index contributed by atoms with van der Waals surface area (Å²) < 4.78 is 7.12. The number of fused-ring (bicyclic) bond motifs is 1. The predicted octanol–water partition coefficient (Wildman–Crippen LogP) is 4.15. The normalized spacial score (nSPS) is 11.8. The lowest BCUT2D eigenvalue weighted by Gasteiger charge is -2.02. The first-order valence-corrected chi connectivity index (χ1v) is 10.7. The summed E-state index contributed by atoms with van der Waals surface area (Å²) in [7, 11) is 1.31. The minimum atomic E-state index is -0.454. The average Bonchev–Trinajstić information content (AvgIpc) is 3.33. The molecule has 0 radical (unpaired) electrons. The van der Waals surface area contributed by atoms with Gasteiger partial charge in [0.25, 0.3) is 5.56 Å². The number of methoxy groups -OCH3 is 1. The molecular weight excluding hydrogens is 436 g/mol. The maximum Gasteiger partial charge on any atom is 0.311 e. The molecule has 0 unspecified atom stereocenters. The predicted molar refractivity (Wildman–Crippen MR) is 123 cm³/mol. The number of nitrogens with zero attached hydrogens (tertiary/aromatic N) is 3. The Morgan fingerprint density at radius 3 is 2.68 bits per heavy atom. The number of carbonyl (C=O) groups is 1. The van der Waals surface area contributed by atoms with Crippen LogP contribution < -0.4 is 5.56 Å². The van der Waals surface area contributed by atoms with E-state index in [4.69, 9.17) is 16.3 Å². The molecule has 2 heterocycles. The van der Waals surface area contributed by atoms with Crippen molar-refractivity contribution in [2.75, 3.05) is 7.11 Å². The number of rotatable bonds is 6. The molecule has 0 saturated carbocycles. The Morgan fingerprint density at radius 1 is 1.23 bits per heavy atom. The molecule has 0 aliphatic heterocycles. The van der Waals surface area contributed by atoms with Gasteiger partial charge in [0, 0.05) is 10.7 Å². The van der Waals surface area contributed by atoms with E-state index in [9.17, 15) is 9.59 Å². The zero-order chi connectivity index (χ0) is 22.0. The third-order valence-electron chi connectivity index (χ3n) is 4.76. The van der Waals surface area contributed by atoms with E-state index in [1.807, 2.05) is 36.4 Å². The molecule has 0 spiro atoms. The molecule has 4 aromatic rings. The van der Waals surface area contributed by atoms with Crippen molar-refractivity contribution in [2.45, 2.75) is 19.9 Å². The van der Waals surface area contributed by atoms with Gasteiger partial charge in [0.15, 0.2) is 0 Å². The number of hydrogen-bond acceptors (Lipinski definition) is 6. The largest absolute Gasteiger partial charge is 0.469 e. The minimum Gasteiger partial charge on any atom is -0.469 e. The van der Waals surface area contributed by atoms with Crippen LogP contribution in [0, 0.1) is 0 Å². The number of thiazole rings is 1. The molecule has 158 valence electrons.